The molecule has 1 aliphatic rings. The van der Waals surface area contributed by atoms with Gasteiger partial charge in [0.05, 0.1) is 6.10 Å². The van der Waals surface area contributed by atoms with Gasteiger partial charge >= 0.3 is 6.18 Å². The molecule has 0 aromatic rings. The lowest BCUT2D eigenvalue weighted by molar-refractivity contribution is -0.138. The van der Waals surface area contributed by atoms with Crippen LogP contribution >= 0.6 is 0 Å². The van der Waals surface area contributed by atoms with E-state index >= 15 is 0 Å². The molecule has 1 N–H and O–H groups in total. The third kappa shape index (κ3) is 4.84. The predicted octanol–water partition coefficient (Wildman–Crippen LogP) is 2.49. The van der Waals surface area contributed by atoms with Crippen molar-refractivity contribution in [1.29, 1.82) is 0 Å². The largest absolute Gasteiger partial charge is 0.389 e. The van der Waals surface area contributed by atoms with Crippen molar-refractivity contribution in [3.05, 3.63) is 0 Å². The van der Waals surface area contributed by atoms with Crippen LogP contribution in [0.5, 0.6) is 0 Å². The third-order valence-electron chi connectivity index (χ3n) is 2.62. The molecule has 90 valence electrons. The first kappa shape index (κ1) is 12.8. The zero-order chi connectivity index (χ0) is 11.3. The molecule has 1 saturated heterocycles. The minimum absolute atomic E-state index is 0.0349. The maximum absolute atomic E-state index is 12.1. The Kier molecular flexibility index (Phi) is 4.86. The van der Waals surface area contributed by atoms with Crippen molar-refractivity contribution in [2.24, 2.45) is 0 Å². The van der Waals surface area contributed by atoms with Crippen LogP contribution in [-0.4, -0.2) is 31.5 Å². The Morgan fingerprint density at radius 2 is 2.20 bits per heavy atom. The lowest BCUT2D eigenvalue weighted by atomic mass is 10.0. The number of hydrogen-bond donors (Lipinski definition) is 1. The fraction of sp³-hybridized carbons (Fsp3) is 1.00. The molecule has 1 rings (SSSR count). The van der Waals surface area contributed by atoms with Crippen LogP contribution < -0.4 is 5.32 Å². The number of rotatable bonds is 5. The summed E-state index contributed by atoms with van der Waals surface area (Å²) in [6.45, 7) is 3.26. The van der Waals surface area contributed by atoms with E-state index in [1.807, 2.05) is 6.92 Å². The maximum Gasteiger partial charge on any atom is 0.389 e. The summed E-state index contributed by atoms with van der Waals surface area (Å²) < 4.78 is 41.6. The van der Waals surface area contributed by atoms with E-state index in [0.717, 1.165) is 12.8 Å². The van der Waals surface area contributed by atoms with E-state index in [0.29, 0.717) is 13.2 Å². The molecule has 0 aromatic carbocycles. The molecular formula is C10H18F3NO. The van der Waals surface area contributed by atoms with Crippen molar-refractivity contribution in [2.45, 2.75) is 50.9 Å². The molecular weight excluding hydrogens is 207 g/mol. The summed E-state index contributed by atoms with van der Waals surface area (Å²) >= 11 is 0. The molecule has 0 bridgehead atoms. The van der Waals surface area contributed by atoms with E-state index in [2.05, 4.69) is 5.32 Å². The van der Waals surface area contributed by atoms with Crippen LogP contribution in [0, 0.1) is 0 Å². The summed E-state index contributed by atoms with van der Waals surface area (Å²) in [5, 5.41) is 3.07. The van der Waals surface area contributed by atoms with Crippen LogP contribution in [0.2, 0.25) is 0 Å². The quantitative estimate of drug-likeness (QED) is 0.776. The van der Waals surface area contributed by atoms with E-state index in [1.54, 1.807) is 0 Å². The molecule has 0 amide bonds. The van der Waals surface area contributed by atoms with E-state index in [-0.39, 0.29) is 18.6 Å². The van der Waals surface area contributed by atoms with Crippen molar-refractivity contribution < 1.29 is 17.9 Å². The average Bonchev–Trinajstić information content (AvgIpc) is 2.63. The second-order valence-electron chi connectivity index (χ2n) is 3.87. The van der Waals surface area contributed by atoms with Gasteiger partial charge in [-0.15, -0.1) is 0 Å². The van der Waals surface area contributed by atoms with Crippen LogP contribution in [0.1, 0.15) is 32.6 Å². The second kappa shape index (κ2) is 5.70. The summed E-state index contributed by atoms with van der Waals surface area (Å²) in [5.74, 6) is 0. The number of hydrogen-bond acceptors (Lipinski definition) is 2. The topological polar surface area (TPSA) is 21.3 Å². The molecule has 1 heterocycles. The summed E-state index contributed by atoms with van der Waals surface area (Å²) in [7, 11) is 0. The van der Waals surface area contributed by atoms with Gasteiger partial charge in [-0.3, -0.25) is 0 Å². The standard InChI is InChI=1S/C10H18F3NO/c1-2-14-8(5-6-10(11,12)13)9-4-3-7-15-9/h8-9,14H,2-7H2,1H3. The first-order valence-electron chi connectivity index (χ1n) is 5.44. The Hall–Kier alpha value is -0.290. The van der Waals surface area contributed by atoms with Crippen LogP contribution in [0.4, 0.5) is 13.2 Å². The fourth-order valence-electron chi connectivity index (χ4n) is 1.92. The molecule has 1 fully saturated rings. The van der Waals surface area contributed by atoms with Crippen LogP contribution in [0.25, 0.3) is 0 Å². The van der Waals surface area contributed by atoms with Gasteiger partial charge in [-0.1, -0.05) is 6.92 Å². The van der Waals surface area contributed by atoms with E-state index < -0.39 is 12.6 Å². The molecule has 2 atom stereocenters. The molecule has 0 saturated carbocycles. The molecule has 2 nitrogen and oxygen atoms in total. The Labute approximate surface area is 88.2 Å². The molecule has 0 aliphatic carbocycles. The highest BCUT2D eigenvalue weighted by Gasteiger charge is 2.32. The fourth-order valence-corrected chi connectivity index (χ4v) is 1.92. The number of nitrogens with one attached hydrogen (secondary N) is 1. The molecule has 15 heavy (non-hydrogen) atoms. The number of alkyl halides is 3. The van der Waals surface area contributed by atoms with Gasteiger partial charge in [0.15, 0.2) is 0 Å². The van der Waals surface area contributed by atoms with Gasteiger partial charge in [0.25, 0.3) is 0 Å². The number of likely N-dealkylation sites (N-methyl/N-ethyl adjacent to an activating group) is 1. The van der Waals surface area contributed by atoms with Gasteiger partial charge in [-0.25, -0.2) is 0 Å². The van der Waals surface area contributed by atoms with Crippen LogP contribution in [-0.2, 0) is 4.74 Å². The van der Waals surface area contributed by atoms with Crippen molar-refractivity contribution >= 4 is 0 Å². The molecule has 0 spiro atoms. The van der Waals surface area contributed by atoms with Gasteiger partial charge in [0.2, 0.25) is 0 Å². The van der Waals surface area contributed by atoms with Gasteiger partial charge in [-0.05, 0) is 25.8 Å². The minimum atomic E-state index is -4.06. The normalized spacial score (nSPS) is 24.4. The monoisotopic (exact) mass is 225 g/mol. The van der Waals surface area contributed by atoms with Gasteiger partial charge < -0.3 is 10.1 Å². The number of ether oxygens (including phenoxy) is 1. The second-order valence-corrected chi connectivity index (χ2v) is 3.87. The molecule has 0 aromatic heterocycles. The Bertz CT molecular complexity index is 178. The average molecular weight is 225 g/mol. The number of halogens is 3. The predicted molar refractivity (Wildman–Crippen MR) is 51.7 cm³/mol. The maximum atomic E-state index is 12.1. The van der Waals surface area contributed by atoms with Gasteiger partial charge in [-0.2, -0.15) is 13.2 Å². The van der Waals surface area contributed by atoms with E-state index in [4.69, 9.17) is 4.74 Å². The zero-order valence-electron chi connectivity index (χ0n) is 8.94. The lowest BCUT2D eigenvalue weighted by Gasteiger charge is -2.24. The van der Waals surface area contributed by atoms with Crippen molar-refractivity contribution in [3.8, 4) is 0 Å². The SMILES string of the molecule is CCNC(CCC(F)(F)F)C1CCCO1. The van der Waals surface area contributed by atoms with Crippen LogP contribution in [0.15, 0.2) is 0 Å². The summed E-state index contributed by atoms with van der Waals surface area (Å²) in [6.07, 6.45) is -2.89. The Morgan fingerprint density at radius 1 is 1.47 bits per heavy atom. The summed E-state index contributed by atoms with van der Waals surface area (Å²) in [6, 6.07) is -0.154. The minimum Gasteiger partial charge on any atom is -0.377 e. The third-order valence-corrected chi connectivity index (χ3v) is 2.62. The first-order chi connectivity index (χ1) is 7.03. The highest BCUT2D eigenvalue weighted by molar-refractivity contribution is 4.80. The van der Waals surface area contributed by atoms with Crippen molar-refractivity contribution in [3.63, 3.8) is 0 Å². The van der Waals surface area contributed by atoms with Gasteiger partial charge in [0, 0.05) is 19.1 Å². The lowest BCUT2D eigenvalue weighted by Crippen LogP contribution is -2.40. The Morgan fingerprint density at radius 3 is 2.67 bits per heavy atom. The summed E-state index contributed by atoms with van der Waals surface area (Å²) in [5.41, 5.74) is 0. The highest BCUT2D eigenvalue weighted by Crippen LogP contribution is 2.25. The van der Waals surface area contributed by atoms with E-state index in [1.165, 1.54) is 0 Å². The highest BCUT2D eigenvalue weighted by atomic mass is 19.4. The summed E-state index contributed by atoms with van der Waals surface area (Å²) in [4.78, 5) is 0. The Balaban J connectivity index is 2.35. The first-order valence-corrected chi connectivity index (χ1v) is 5.44. The zero-order valence-corrected chi connectivity index (χ0v) is 8.94. The van der Waals surface area contributed by atoms with Crippen molar-refractivity contribution in [2.75, 3.05) is 13.2 Å². The van der Waals surface area contributed by atoms with Crippen molar-refractivity contribution in [1.82, 2.24) is 5.32 Å². The molecule has 0 radical (unpaired) electrons. The molecule has 5 heteroatoms. The van der Waals surface area contributed by atoms with Crippen LogP contribution in [0.3, 0.4) is 0 Å². The van der Waals surface area contributed by atoms with Gasteiger partial charge in [0.1, 0.15) is 0 Å². The molecule has 2 unspecified atom stereocenters. The smallest absolute Gasteiger partial charge is 0.377 e. The van der Waals surface area contributed by atoms with E-state index in [9.17, 15) is 13.2 Å². The molecule has 1 aliphatic heterocycles.